The molecule has 1 fully saturated rings. The molecule has 2 rings (SSSR count). The molecule has 0 aliphatic heterocycles. The molecule has 1 aliphatic rings. The minimum Gasteiger partial charge on any atom is -0.310 e. The van der Waals surface area contributed by atoms with Crippen molar-refractivity contribution in [2.24, 2.45) is 5.92 Å². The van der Waals surface area contributed by atoms with Gasteiger partial charge in [-0.1, -0.05) is 29.8 Å². The van der Waals surface area contributed by atoms with Gasteiger partial charge < -0.3 is 5.32 Å². The summed E-state index contributed by atoms with van der Waals surface area (Å²) in [4.78, 5) is -0.301. The monoisotopic (exact) mass is 378 g/mol. The summed E-state index contributed by atoms with van der Waals surface area (Å²) in [6.07, 6.45) is 2.19. The number of hydrogen-bond acceptors (Lipinski definition) is 3. The Bertz CT molecular complexity index is 616. The van der Waals surface area contributed by atoms with Gasteiger partial charge in [-0.05, 0) is 30.9 Å². The zero-order valence-corrected chi connectivity index (χ0v) is 14.5. The second-order valence-electron chi connectivity index (χ2n) is 5.78. The van der Waals surface area contributed by atoms with Crippen LogP contribution in [-0.4, -0.2) is 21.0 Å². The molecule has 0 heterocycles. The quantitative estimate of drug-likeness (QED) is 0.766. The molecule has 0 saturated heterocycles. The van der Waals surface area contributed by atoms with Gasteiger partial charge in [0.2, 0.25) is 10.0 Å². The Morgan fingerprint density at radius 1 is 1.38 bits per heavy atom. The summed E-state index contributed by atoms with van der Waals surface area (Å²) in [6.45, 7) is 4.40. The fourth-order valence-corrected chi connectivity index (χ4v) is 3.85. The van der Waals surface area contributed by atoms with E-state index in [1.807, 2.05) is 13.8 Å². The molecule has 4 nitrogen and oxygen atoms in total. The maximum Gasteiger partial charge on any atom is 0.243 e. The number of benzene rings is 1. The van der Waals surface area contributed by atoms with Crippen LogP contribution in [0.15, 0.2) is 21.5 Å². The first-order valence-electron chi connectivity index (χ1n) is 7.00. The van der Waals surface area contributed by atoms with Gasteiger partial charge in [0.25, 0.3) is 0 Å². The molecule has 0 unspecified atom stereocenters. The van der Waals surface area contributed by atoms with E-state index in [1.165, 1.54) is 6.07 Å². The van der Waals surface area contributed by atoms with Crippen molar-refractivity contribution in [2.45, 2.75) is 44.2 Å². The van der Waals surface area contributed by atoms with Crippen molar-refractivity contribution >= 4 is 26.0 Å². The summed E-state index contributed by atoms with van der Waals surface area (Å²) in [5.74, 6) is -0.520. The topological polar surface area (TPSA) is 58.2 Å². The third kappa shape index (κ3) is 4.74. The molecular weight excluding hydrogens is 359 g/mol. The van der Waals surface area contributed by atoms with Crippen molar-refractivity contribution in [3.8, 4) is 0 Å². The minimum atomic E-state index is -3.84. The second kappa shape index (κ2) is 6.73. The molecule has 0 radical (unpaired) electrons. The molecule has 0 bridgehead atoms. The van der Waals surface area contributed by atoms with E-state index in [0.29, 0.717) is 22.6 Å². The maximum atomic E-state index is 14.5. The van der Waals surface area contributed by atoms with Crippen molar-refractivity contribution in [3.63, 3.8) is 0 Å². The number of halogens is 2. The Morgan fingerprint density at radius 2 is 2.05 bits per heavy atom. The molecule has 0 spiro atoms. The van der Waals surface area contributed by atoms with Crippen LogP contribution in [0, 0.1) is 11.7 Å². The average Bonchev–Trinajstić information content (AvgIpc) is 3.21. The van der Waals surface area contributed by atoms with E-state index in [1.54, 1.807) is 6.07 Å². The first-order chi connectivity index (χ1) is 9.79. The zero-order valence-electron chi connectivity index (χ0n) is 12.1. The third-order valence-corrected chi connectivity index (χ3v) is 5.09. The highest BCUT2D eigenvalue weighted by Crippen LogP contribution is 2.25. The van der Waals surface area contributed by atoms with E-state index in [4.69, 9.17) is 0 Å². The SMILES string of the molecule is CC(C)CNS(=O)(=O)c1cc(Br)cc(CNC2CC2)c1F. The first kappa shape index (κ1) is 16.9. The highest BCUT2D eigenvalue weighted by Gasteiger charge is 2.24. The van der Waals surface area contributed by atoms with E-state index >= 15 is 0 Å². The Kier molecular flexibility index (Phi) is 5.40. The molecule has 1 aromatic rings. The standard InChI is InChI=1S/C14H20BrFN2O2S/c1-9(2)7-18-21(19,20)13-6-11(15)5-10(14(13)16)8-17-12-3-4-12/h5-6,9,12,17-18H,3-4,7-8H2,1-2H3. The molecule has 0 atom stereocenters. The number of nitrogens with one attached hydrogen (secondary N) is 2. The predicted octanol–water partition coefficient (Wildman–Crippen LogP) is 2.77. The highest BCUT2D eigenvalue weighted by atomic mass is 79.9. The van der Waals surface area contributed by atoms with Crippen molar-refractivity contribution in [1.29, 1.82) is 0 Å². The summed E-state index contributed by atoms with van der Waals surface area (Å²) in [5.41, 5.74) is 0.362. The number of sulfonamides is 1. The van der Waals surface area contributed by atoms with Gasteiger partial charge in [0.15, 0.2) is 0 Å². The number of rotatable bonds is 7. The summed E-state index contributed by atoms with van der Waals surface area (Å²) in [5, 5.41) is 3.19. The fourth-order valence-electron chi connectivity index (χ4n) is 1.84. The van der Waals surface area contributed by atoms with Crippen LogP contribution < -0.4 is 10.0 Å². The fraction of sp³-hybridized carbons (Fsp3) is 0.571. The molecule has 1 aliphatic carbocycles. The van der Waals surface area contributed by atoms with Crippen LogP contribution in [0.4, 0.5) is 4.39 Å². The Hall–Kier alpha value is -0.500. The van der Waals surface area contributed by atoms with Crippen LogP contribution in [0.25, 0.3) is 0 Å². The lowest BCUT2D eigenvalue weighted by atomic mass is 10.2. The van der Waals surface area contributed by atoms with Gasteiger partial charge in [0.1, 0.15) is 10.7 Å². The van der Waals surface area contributed by atoms with Crippen LogP contribution >= 0.6 is 15.9 Å². The van der Waals surface area contributed by atoms with Gasteiger partial charge in [0, 0.05) is 29.2 Å². The summed E-state index contributed by atoms with van der Waals surface area (Å²) in [6, 6.07) is 3.35. The molecular formula is C14H20BrFN2O2S. The smallest absolute Gasteiger partial charge is 0.243 e. The first-order valence-corrected chi connectivity index (χ1v) is 9.28. The molecule has 1 saturated carbocycles. The van der Waals surface area contributed by atoms with Crippen molar-refractivity contribution < 1.29 is 12.8 Å². The normalized spacial score (nSPS) is 15.7. The molecule has 0 amide bonds. The van der Waals surface area contributed by atoms with Gasteiger partial charge in [0.05, 0.1) is 0 Å². The van der Waals surface area contributed by atoms with Crippen LogP contribution in [0.1, 0.15) is 32.3 Å². The van der Waals surface area contributed by atoms with Crippen LogP contribution in [0.3, 0.4) is 0 Å². The Balaban J connectivity index is 2.24. The van der Waals surface area contributed by atoms with Crippen molar-refractivity contribution in [2.75, 3.05) is 6.54 Å². The molecule has 2 N–H and O–H groups in total. The second-order valence-corrected chi connectivity index (χ2v) is 8.43. The van der Waals surface area contributed by atoms with Crippen LogP contribution in [-0.2, 0) is 16.6 Å². The maximum absolute atomic E-state index is 14.5. The summed E-state index contributed by atoms with van der Waals surface area (Å²) < 4.78 is 41.9. The molecule has 1 aromatic carbocycles. The van der Waals surface area contributed by atoms with Gasteiger partial charge in [-0.2, -0.15) is 0 Å². The Labute approximate surface area is 133 Å². The predicted molar refractivity (Wildman–Crippen MR) is 84.0 cm³/mol. The molecule has 21 heavy (non-hydrogen) atoms. The highest BCUT2D eigenvalue weighted by molar-refractivity contribution is 9.10. The van der Waals surface area contributed by atoms with Crippen molar-refractivity contribution in [3.05, 3.63) is 28.0 Å². The average molecular weight is 379 g/mol. The molecule has 118 valence electrons. The van der Waals surface area contributed by atoms with E-state index in [-0.39, 0.29) is 17.4 Å². The van der Waals surface area contributed by atoms with Gasteiger partial charge in [-0.15, -0.1) is 0 Å². The lowest BCUT2D eigenvalue weighted by molar-refractivity contribution is 0.533. The zero-order chi connectivity index (χ0) is 15.6. The molecule has 0 aromatic heterocycles. The summed E-state index contributed by atoms with van der Waals surface area (Å²) in [7, 11) is -3.84. The van der Waals surface area contributed by atoms with E-state index in [0.717, 1.165) is 12.8 Å². The summed E-state index contributed by atoms with van der Waals surface area (Å²) >= 11 is 3.26. The largest absolute Gasteiger partial charge is 0.310 e. The van der Waals surface area contributed by atoms with Crippen molar-refractivity contribution in [1.82, 2.24) is 10.0 Å². The van der Waals surface area contributed by atoms with E-state index < -0.39 is 15.8 Å². The Morgan fingerprint density at radius 3 is 2.62 bits per heavy atom. The number of hydrogen-bond donors (Lipinski definition) is 2. The van der Waals surface area contributed by atoms with Gasteiger partial charge >= 0.3 is 0 Å². The lowest BCUT2D eigenvalue weighted by Gasteiger charge is -2.13. The van der Waals surface area contributed by atoms with E-state index in [9.17, 15) is 12.8 Å². The van der Waals surface area contributed by atoms with Crippen LogP contribution in [0.2, 0.25) is 0 Å². The van der Waals surface area contributed by atoms with Gasteiger partial charge in [-0.3, -0.25) is 0 Å². The minimum absolute atomic E-state index is 0.158. The lowest BCUT2D eigenvalue weighted by Crippen LogP contribution is -2.29. The third-order valence-electron chi connectivity index (χ3n) is 3.21. The van der Waals surface area contributed by atoms with Gasteiger partial charge in [-0.25, -0.2) is 17.5 Å². The van der Waals surface area contributed by atoms with E-state index in [2.05, 4.69) is 26.0 Å². The molecule has 7 heteroatoms. The van der Waals surface area contributed by atoms with Crippen LogP contribution in [0.5, 0.6) is 0 Å².